The lowest BCUT2D eigenvalue weighted by atomic mass is 10.2. The van der Waals surface area contributed by atoms with E-state index < -0.39 is 0 Å². The summed E-state index contributed by atoms with van der Waals surface area (Å²) in [4.78, 5) is 0. The van der Waals surface area contributed by atoms with Crippen LogP contribution in [0.1, 0.15) is 37.2 Å². The van der Waals surface area contributed by atoms with Gasteiger partial charge in [0, 0.05) is 6.04 Å². The van der Waals surface area contributed by atoms with Crippen molar-refractivity contribution in [2.45, 2.75) is 46.7 Å². The molecule has 0 radical (unpaired) electrons. The van der Waals surface area contributed by atoms with E-state index >= 15 is 0 Å². The van der Waals surface area contributed by atoms with E-state index in [1.54, 1.807) is 7.11 Å². The van der Waals surface area contributed by atoms with Crippen LogP contribution < -0.4 is 15.4 Å². The van der Waals surface area contributed by atoms with Crippen LogP contribution in [0.2, 0.25) is 0 Å². The van der Waals surface area contributed by atoms with Gasteiger partial charge < -0.3 is 15.4 Å². The van der Waals surface area contributed by atoms with Crippen LogP contribution in [0.3, 0.4) is 0 Å². The van der Waals surface area contributed by atoms with Crippen molar-refractivity contribution in [1.82, 2.24) is 15.1 Å². The molecule has 2 N–H and O–H groups in total. The number of anilines is 1. The summed E-state index contributed by atoms with van der Waals surface area (Å²) in [6.07, 6.45) is 1.02. The molecule has 130 valence electrons. The maximum atomic E-state index is 5.39. The van der Waals surface area contributed by atoms with E-state index in [0.717, 1.165) is 34.8 Å². The fraction of sp³-hybridized carbons (Fsp3) is 0.444. The summed E-state index contributed by atoms with van der Waals surface area (Å²) in [5, 5.41) is 11.8. The van der Waals surface area contributed by atoms with Crippen LogP contribution in [0.5, 0.6) is 5.75 Å². The van der Waals surface area contributed by atoms with Gasteiger partial charge in [0.1, 0.15) is 5.75 Å². The Labute approximate surface area is 149 Å². The lowest BCUT2D eigenvalue weighted by Crippen LogP contribution is -2.35. The molecule has 0 bridgehead atoms. The number of hydrogen-bond donors (Lipinski definition) is 2. The molecule has 1 heterocycles. The van der Waals surface area contributed by atoms with E-state index in [2.05, 4.69) is 35.6 Å². The van der Waals surface area contributed by atoms with Crippen molar-refractivity contribution in [3.8, 4) is 5.75 Å². The summed E-state index contributed by atoms with van der Waals surface area (Å²) >= 11 is 5.39. The van der Waals surface area contributed by atoms with Crippen LogP contribution in [0, 0.1) is 13.8 Å². The second kappa shape index (κ2) is 8.15. The normalized spacial score (nSPS) is 11.9. The largest absolute Gasteiger partial charge is 0.497 e. The molecule has 1 aromatic heterocycles. The Hall–Kier alpha value is -2.08. The number of rotatable bonds is 6. The predicted octanol–water partition coefficient (Wildman–Crippen LogP) is 3.64. The molecule has 0 saturated carbocycles. The van der Waals surface area contributed by atoms with Crippen molar-refractivity contribution in [2.24, 2.45) is 0 Å². The SMILES string of the molecule is CCC(C)NC(=S)Nc1c(C)nn(Cc2cccc(OC)c2)c1C. The van der Waals surface area contributed by atoms with Gasteiger partial charge in [-0.05, 0) is 57.1 Å². The molecular formula is C18H26N4OS. The van der Waals surface area contributed by atoms with Crippen molar-refractivity contribution >= 4 is 23.0 Å². The highest BCUT2D eigenvalue weighted by Gasteiger charge is 2.13. The third kappa shape index (κ3) is 4.47. The second-order valence-corrected chi connectivity index (χ2v) is 6.37. The maximum absolute atomic E-state index is 5.39. The molecule has 0 aliphatic rings. The molecule has 24 heavy (non-hydrogen) atoms. The van der Waals surface area contributed by atoms with E-state index in [-0.39, 0.29) is 0 Å². The van der Waals surface area contributed by atoms with Crippen LogP contribution in [-0.2, 0) is 6.54 Å². The molecule has 6 heteroatoms. The zero-order valence-corrected chi connectivity index (χ0v) is 15.8. The van der Waals surface area contributed by atoms with E-state index in [1.165, 1.54) is 0 Å². The molecule has 1 unspecified atom stereocenters. The number of methoxy groups -OCH3 is 1. The summed E-state index contributed by atoms with van der Waals surface area (Å²) in [6.45, 7) is 8.97. The van der Waals surface area contributed by atoms with Crippen LogP contribution in [-0.4, -0.2) is 28.0 Å². The van der Waals surface area contributed by atoms with E-state index in [4.69, 9.17) is 17.0 Å². The zero-order chi connectivity index (χ0) is 17.7. The zero-order valence-electron chi connectivity index (χ0n) is 15.0. The van der Waals surface area contributed by atoms with Gasteiger partial charge in [-0.2, -0.15) is 5.10 Å². The minimum Gasteiger partial charge on any atom is -0.497 e. The van der Waals surface area contributed by atoms with E-state index in [0.29, 0.717) is 17.7 Å². The average molecular weight is 347 g/mol. The van der Waals surface area contributed by atoms with E-state index in [1.807, 2.05) is 36.7 Å². The lowest BCUT2D eigenvalue weighted by Gasteiger charge is -2.15. The van der Waals surface area contributed by atoms with Crippen LogP contribution in [0.15, 0.2) is 24.3 Å². The van der Waals surface area contributed by atoms with Crippen LogP contribution in [0.25, 0.3) is 0 Å². The Morgan fingerprint density at radius 2 is 2.12 bits per heavy atom. The third-order valence-electron chi connectivity index (χ3n) is 4.08. The van der Waals surface area contributed by atoms with Gasteiger partial charge in [-0.15, -0.1) is 0 Å². The van der Waals surface area contributed by atoms with Gasteiger partial charge in [0.25, 0.3) is 0 Å². The van der Waals surface area contributed by atoms with Gasteiger partial charge in [0.2, 0.25) is 0 Å². The summed E-state index contributed by atoms with van der Waals surface area (Å²) in [5.74, 6) is 0.853. The highest BCUT2D eigenvalue weighted by atomic mass is 32.1. The summed E-state index contributed by atoms with van der Waals surface area (Å²) in [5.41, 5.74) is 4.11. The summed E-state index contributed by atoms with van der Waals surface area (Å²) in [7, 11) is 1.68. The van der Waals surface area contributed by atoms with Gasteiger partial charge in [-0.25, -0.2) is 0 Å². The summed E-state index contributed by atoms with van der Waals surface area (Å²) in [6, 6.07) is 8.37. The average Bonchev–Trinajstić information content (AvgIpc) is 2.82. The second-order valence-electron chi connectivity index (χ2n) is 5.96. The number of thiocarbonyl (C=S) groups is 1. The van der Waals surface area contributed by atoms with Gasteiger partial charge in [-0.1, -0.05) is 19.1 Å². The molecule has 1 atom stereocenters. The third-order valence-corrected chi connectivity index (χ3v) is 4.30. The first-order chi connectivity index (χ1) is 11.4. The summed E-state index contributed by atoms with van der Waals surface area (Å²) < 4.78 is 7.27. The highest BCUT2D eigenvalue weighted by molar-refractivity contribution is 7.80. The number of nitrogens with one attached hydrogen (secondary N) is 2. The van der Waals surface area contributed by atoms with Crippen LogP contribution >= 0.6 is 12.2 Å². The number of nitrogens with zero attached hydrogens (tertiary/aromatic N) is 2. The lowest BCUT2D eigenvalue weighted by molar-refractivity contribution is 0.414. The smallest absolute Gasteiger partial charge is 0.171 e. The first-order valence-electron chi connectivity index (χ1n) is 8.19. The maximum Gasteiger partial charge on any atom is 0.171 e. The molecular weight excluding hydrogens is 320 g/mol. The minimum atomic E-state index is 0.345. The molecule has 2 aromatic rings. The first-order valence-corrected chi connectivity index (χ1v) is 8.59. The fourth-order valence-electron chi connectivity index (χ4n) is 2.45. The quantitative estimate of drug-likeness (QED) is 0.782. The minimum absolute atomic E-state index is 0.345. The molecule has 0 aliphatic carbocycles. The Morgan fingerprint density at radius 3 is 2.79 bits per heavy atom. The van der Waals surface area contributed by atoms with Crippen molar-refractivity contribution < 1.29 is 4.74 Å². The number of aryl methyl sites for hydroxylation is 1. The molecule has 5 nitrogen and oxygen atoms in total. The Morgan fingerprint density at radius 1 is 1.38 bits per heavy atom. The topological polar surface area (TPSA) is 51.1 Å². The van der Waals surface area contributed by atoms with Gasteiger partial charge >= 0.3 is 0 Å². The van der Waals surface area contributed by atoms with E-state index in [9.17, 15) is 0 Å². The van der Waals surface area contributed by atoms with Gasteiger partial charge in [0.05, 0.1) is 30.7 Å². The predicted molar refractivity (Wildman–Crippen MR) is 103 cm³/mol. The molecule has 2 rings (SSSR count). The molecule has 0 amide bonds. The number of aromatic nitrogens is 2. The molecule has 0 aliphatic heterocycles. The highest BCUT2D eigenvalue weighted by Crippen LogP contribution is 2.21. The molecule has 1 aromatic carbocycles. The monoisotopic (exact) mass is 346 g/mol. The van der Waals surface area contributed by atoms with Crippen molar-refractivity contribution in [1.29, 1.82) is 0 Å². The molecule has 0 spiro atoms. The fourth-order valence-corrected chi connectivity index (χ4v) is 2.75. The Bertz CT molecular complexity index is 711. The van der Waals surface area contributed by atoms with Crippen molar-refractivity contribution in [2.75, 3.05) is 12.4 Å². The van der Waals surface area contributed by atoms with Gasteiger partial charge in [0.15, 0.2) is 5.11 Å². The van der Waals surface area contributed by atoms with Crippen molar-refractivity contribution in [3.63, 3.8) is 0 Å². The standard InChI is InChI=1S/C18H26N4OS/c1-6-12(2)19-18(24)20-17-13(3)21-22(14(17)4)11-15-8-7-9-16(10-15)23-5/h7-10,12H,6,11H2,1-5H3,(H2,19,20,24). The van der Waals surface area contributed by atoms with Gasteiger partial charge in [-0.3, -0.25) is 4.68 Å². The van der Waals surface area contributed by atoms with Crippen LogP contribution in [0.4, 0.5) is 5.69 Å². The molecule has 0 saturated heterocycles. The number of ether oxygens (including phenoxy) is 1. The Kier molecular flexibility index (Phi) is 6.20. The first kappa shape index (κ1) is 18.3. The number of benzene rings is 1. The number of hydrogen-bond acceptors (Lipinski definition) is 3. The Balaban J connectivity index is 2.14. The van der Waals surface area contributed by atoms with Crippen molar-refractivity contribution in [3.05, 3.63) is 41.2 Å². The molecule has 0 fully saturated rings.